The SMILES string of the molecule is CC(NC(=O)C1CCN(C(=O)/C=C/c2ccc(Sc3nccn3C)c(Cl)c2Cl)CC1)C(=O)O. The third-order valence-corrected chi connectivity index (χ3v) is 7.51. The Bertz CT molecular complexity index is 1080. The van der Waals surface area contributed by atoms with E-state index in [4.69, 9.17) is 28.3 Å². The first kappa shape index (κ1) is 25.1. The van der Waals surface area contributed by atoms with E-state index in [1.54, 1.807) is 23.2 Å². The number of nitrogens with one attached hydrogen (secondary N) is 1. The average molecular weight is 511 g/mol. The topological polar surface area (TPSA) is 105 Å². The summed E-state index contributed by atoms with van der Waals surface area (Å²) in [4.78, 5) is 42.4. The largest absolute Gasteiger partial charge is 0.480 e. The summed E-state index contributed by atoms with van der Waals surface area (Å²) in [5.74, 6) is -1.87. The molecule has 1 saturated heterocycles. The Morgan fingerprint density at radius 3 is 2.55 bits per heavy atom. The number of aromatic nitrogens is 2. The molecule has 11 heteroatoms. The van der Waals surface area contributed by atoms with Crippen molar-refractivity contribution in [2.24, 2.45) is 13.0 Å². The van der Waals surface area contributed by atoms with Gasteiger partial charge >= 0.3 is 5.97 Å². The number of rotatable bonds is 7. The van der Waals surface area contributed by atoms with Crippen LogP contribution >= 0.6 is 35.0 Å². The van der Waals surface area contributed by atoms with Crippen LogP contribution in [0.1, 0.15) is 25.3 Å². The van der Waals surface area contributed by atoms with Crippen molar-refractivity contribution in [3.05, 3.63) is 46.2 Å². The molecule has 1 aliphatic heterocycles. The molecule has 0 saturated carbocycles. The molecular formula is C22H24Cl2N4O4S. The van der Waals surface area contributed by atoms with E-state index in [-0.39, 0.29) is 17.7 Å². The molecule has 3 rings (SSSR count). The fraction of sp³-hybridized carbons (Fsp3) is 0.364. The van der Waals surface area contributed by atoms with Gasteiger partial charge in [-0.2, -0.15) is 0 Å². The molecule has 0 aliphatic carbocycles. The first-order valence-electron chi connectivity index (χ1n) is 10.3. The van der Waals surface area contributed by atoms with Gasteiger partial charge < -0.3 is 19.9 Å². The number of halogens is 2. The Kier molecular flexibility index (Phi) is 8.45. The summed E-state index contributed by atoms with van der Waals surface area (Å²) in [5.41, 5.74) is 0.621. The first-order valence-corrected chi connectivity index (χ1v) is 11.9. The summed E-state index contributed by atoms with van der Waals surface area (Å²) in [6.45, 7) is 2.25. The maximum atomic E-state index is 12.6. The van der Waals surface area contributed by atoms with E-state index in [9.17, 15) is 14.4 Å². The Balaban J connectivity index is 1.57. The van der Waals surface area contributed by atoms with E-state index >= 15 is 0 Å². The number of amides is 2. The number of benzene rings is 1. The van der Waals surface area contributed by atoms with Crippen LogP contribution in [0.2, 0.25) is 10.0 Å². The lowest BCUT2D eigenvalue weighted by Crippen LogP contribution is -2.46. The number of carbonyl (C=O) groups excluding carboxylic acids is 2. The second kappa shape index (κ2) is 11.1. The van der Waals surface area contributed by atoms with Gasteiger partial charge in [0, 0.05) is 49.4 Å². The third-order valence-electron chi connectivity index (χ3n) is 5.37. The standard InChI is InChI=1S/C22H24Cl2N4O4S/c1-13(21(31)32)26-20(30)15-7-10-28(11-8-15)17(29)6-4-14-3-5-16(19(24)18(14)23)33-22-25-9-12-27(22)2/h3-6,9,12-13,15H,7-8,10-11H2,1-2H3,(H,26,30)(H,31,32)/b6-4+. The van der Waals surface area contributed by atoms with E-state index < -0.39 is 12.0 Å². The molecule has 2 N–H and O–H groups in total. The van der Waals surface area contributed by atoms with E-state index in [1.807, 2.05) is 23.9 Å². The molecule has 0 bridgehead atoms. The second-order valence-corrected chi connectivity index (χ2v) is 9.47. The summed E-state index contributed by atoms with van der Waals surface area (Å²) < 4.78 is 1.88. The molecule has 1 atom stereocenters. The number of aryl methyl sites for hydroxylation is 1. The molecule has 2 aromatic rings. The van der Waals surface area contributed by atoms with Gasteiger partial charge in [0.25, 0.3) is 0 Å². The number of carbonyl (C=O) groups is 3. The van der Waals surface area contributed by atoms with Crippen molar-refractivity contribution in [2.75, 3.05) is 13.1 Å². The van der Waals surface area contributed by atoms with Crippen LogP contribution in [0.15, 0.2) is 40.7 Å². The Morgan fingerprint density at radius 1 is 1.24 bits per heavy atom. The fourth-order valence-corrected chi connectivity index (χ4v) is 4.74. The van der Waals surface area contributed by atoms with Gasteiger partial charge in [-0.25, -0.2) is 4.98 Å². The lowest BCUT2D eigenvalue weighted by molar-refractivity contribution is -0.142. The van der Waals surface area contributed by atoms with Gasteiger partial charge in [0.05, 0.1) is 10.0 Å². The quantitative estimate of drug-likeness (QED) is 0.550. The summed E-state index contributed by atoms with van der Waals surface area (Å²) in [5, 5.41) is 12.9. The predicted octanol–water partition coefficient (Wildman–Crippen LogP) is 3.72. The molecule has 1 aromatic heterocycles. The lowest BCUT2D eigenvalue weighted by Gasteiger charge is -2.31. The molecule has 1 aliphatic rings. The number of likely N-dealkylation sites (tertiary alicyclic amines) is 1. The number of piperidine rings is 1. The fourth-order valence-electron chi connectivity index (χ4n) is 3.32. The van der Waals surface area contributed by atoms with E-state index in [1.165, 1.54) is 24.8 Å². The summed E-state index contributed by atoms with van der Waals surface area (Å²) in [6, 6.07) is 2.69. The number of nitrogens with zero attached hydrogens (tertiary/aromatic N) is 3. The normalized spacial score (nSPS) is 15.6. The number of hydrogen-bond donors (Lipinski definition) is 2. The lowest BCUT2D eigenvalue weighted by atomic mass is 9.95. The number of carboxylic acid groups (broad SMARTS) is 1. The maximum Gasteiger partial charge on any atom is 0.325 e. The van der Waals surface area contributed by atoms with Crippen LogP contribution in [0.5, 0.6) is 0 Å². The van der Waals surface area contributed by atoms with Gasteiger partial charge in [-0.15, -0.1) is 0 Å². The number of hydrogen-bond acceptors (Lipinski definition) is 5. The smallest absolute Gasteiger partial charge is 0.325 e. The van der Waals surface area contributed by atoms with Crippen molar-refractivity contribution >= 4 is 58.8 Å². The summed E-state index contributed by atoms with van der Waals surface area (Å²) in [7, 11) is 1.89. The minimum atomic E-state index is -1.08. The van der Waals surface area contributed by atoms with Crippen LogP contribution in [0.4, 0.5) is 0 Å². The predicted molar refractivity (Wildman–Crippen MR) is 127 cm³/mol. The van der Waals surface area contributed by atoms with Crippen LogP contribution < -0.4 is 5.32 Å². The van der Waals surface area contributed by atoms with Crippen LogP contribution in [-0.4, -0.2) is 56.5 Å². The van der Waals surface area contributed by atoms with Gasteiger partial charge in [0.15, 0.2) is 5.16 Å². The highest BCUT2D eigenvalue weighted by Crippen LogP contribution is 2.38. The molecule has 8 nitrogen and oxygen atoms in total. The highest BCUT2D eigenvalue weighted by molar-refractivity contribution is 7.99. The van der Waals surface area contributed by atoms with Crippen LogP contribution in [-0.2, 0) is 21.4 Å². The van der Waals surface area contributed by atoms with E-state index in [0.29, 0.717) is 41.5 Å². The minimum Gasteiger partial charge on any atom is -0.480 e. The van der Waals surface area contributed by atoms with Crippen molar-refractivity contribution in [1.82, 2.24) is 19.8 Å². The van der Waals surface area contributed by atoms with Crippen LogP contribution in [0.3, 0.4) is 0 Å². The summed E-state index contributed by atoms with van der Waals surface area (Å²) >= 11 is 14.3. The highest BCUT2D eigenvalue weighted by atomic mass is 35.5. The highest BCUT2D eigenvalue weighted by Gasteiger charge is 2.28. The zero-order valence-corrected chi connectivity index (χ0v) is 20.5. The molecule has 2 heterocycles. The molecule has 33 heavy (non-hydrogen) atoms. The Labute approximate surface area is 205 Å². The van der Waals surface area contributed by atoms with Gasteiger partial charge in [-0.05, 0) is 37.5 Å². The summed E-state index contributed by atoms with van der Waals surface area (Å²) in [6.07, 6.45) is 7.56. The average Bonchev–Trinajstić information content (AvgIpc) is 3.20. The first-order chi connectivity index (χ1) is 15.7. The Hall–Kier alpha value is -2.49. The zero-order chi connectivity index (χ0) is 24.1. The molecule has 2 amide bonds. The van der Waals surface area contributed by atoms with Crippen molar-refractivity contribution in [2.45, 2.75) is 35.9 Å². The van der Waals surface area contributed by atoms with Gasteiger partial charge in [-0.1, -0.05) is 41.0 Å². The number of aliphatic carboxylic acids is 1. The van der Waals surface area contributed by atoms with Gasteiger partial charge in [0.2, 0.25) is 11.8 Å². The van der Waals surface area contributed by atoms with E-state index in [0.717, 1.165) is 10.1 Å². The molecule has 1 unspecified atom stereocenters. The molecule has 1 fully saturated rings. The monoisotopic (exact) mass is 510 g/mol. The molecule has 176 valence electrons. The second-order valence-electron chi connectivity index (χ2n) is 7.71. The molecule has 1 aromatic carbocycles. The van der Waals surface area contributed by atoms with Gasteiger partial charge in [-0.3, -0.25) is 14.4 Å². The van der Waals surface area contributed by atoms with E-state index in [2.05, 4.69) is 10.3 Å². The van der Waals surface area contributed by atoms with Crippen LogP contribution in [0, 0.1) is 5.92 Å². The Morgan fingerprint density at radius 2 is 1.94 bits per heavy atom. The third kappa shape index (κ3) is 6.31. The molecule has 0 spiro atoms. The molecular weight excluding hydrogens is 487 g/mol. The maximum absolute atomic E-state index is 12.6. The number of imidazole rings is 1. The number of carboxylic acids is 1. The van der Waals surface area contributed by atoms with Gasteiger partial charge in [0.1, 0.15) is 6.04 Å². The van der Waals surface area contributed by atoms with Crippen LogP contribution in [0.25, 0.3) is 6.08 Å². The van der Waals surface area contributed by atoms with Crippen molar-refractivity contribution in [3.63, 3.8) is 0 Å². The molecule has 0 radical (unpaired) electrons. The zero-order valence-electron chi connectivity index (χ0n) is 18.1. The van der Waals surface area contributed by atoms with Crippen molar-refractivity contribution in [1.29, 1.82) is 0 Å². The minimum absolute atomic E-state index is 0.189. The van der Waals surface area contributed by atoms with Crippen molar-refractivity contribution in [3.8, 4) is 0 Å². The van der Waals surface area contributed by atoms with Crippen molar-refractivity contribution < 1.29 is 19.5 Å².